The zero-order chi connectivity index (χ0) is 21.2. The van der Waals surface area contributed by atoms with E-state index in [1.54, 1.807) is 0 Å². The van der Waals surface area contributed by atoms with Crippen LogP contribution < -0.4 is 0 Å². The summed E-state index contributed by atoms with van der Waals surface area (Å²) >= 11 is 0. The van der Waals surface area contributed by atoms with Crippen molar-refractivity contribution in [2.75, 3.05) is 20.6 Å². The zero-order valence-electron chi connectivity index (χ0n) is 20.4. The Kier molecular flexibility index (Phi) is 15.3. The van der Waals surface area contributed by atoms with Gasteiger partial charge in [0.05, 0.1) is 20.6 Å². The van der Waals surface area contributed by atoms with Crippen LogP contribution in [0.3, 0.4) is 0 Å². The number of rotatable bonds is 19. The van der Waals surface area contributed by atoms with Crippen LogP contribution in [0.25, 0.3) is 0 Å². The molecule has 29 heavy (non-hydrogen) atoms. The van der Waals surface area contributed by atoms with Gasteiger partial charge < -0.3 is 4.48 Å². The number of nitrogens with zero attached hydrogens (tertiary/aromatic N) is 1. The third kappa shape index (κ3) is 13.2. The lowest BCUT2D eigenvalue weighted by Gasteiger charge is -2.36. The molecule has 1 rings (SSSR count). The Morgan fingerprint density at radius 2 is 0.966 bits per heavy atom. The van der Waals surface area contributed by atoms with Gasteiger partial charge in [-0.15, -0.1) is 0 Å². The van der Waals surface area contributed by atoms with Crippen molar-refractivity contribution >= 4 is 0 Å². The number of hydrogen-bond acceptors (Lipinski definition) is 0. The van der Waals surface area contributed by atoms with Gasteiger partial charge >= 0.3 is 0 Å². The van der Waals surface area contributed by atoms with Gasteiger partial charge in [-0.25, -0.2) is 0 Å². The monoisotopic (exact) mass is 402 g/mol. The van der Waals surface area contributed by atoms with Crippen molar-refractivity contribution in [3.05, 3.63) is 35.9 Å². The summed E-state index contributed by atoms with van der Waals surface area (Å²) in [5.41, 5.74) is 1.47. The Bertz CT molecular complexity index is 464. The van der Waals surface area contributed by atoms with E-state index in [2.05, 4.69) is 58.3 Å². The number of benzene rings is 1. The van der Waals surface area contributed by atoms with E-state index in [1.807, 2.05) is 0 Å². The van der Waals surface area contributed by atoms with E-state index in [0.29, 0.717) is 6.04 Å². The summed E-state index contributed by atoms with van der Waals surface area (Å²) < 4.78 is 1.10. The molecule has 0 radical (unpaired) electrons. The first-order valence-electron chi connectivity index (χ1n) is 13.0. The largest absolute Gasteiger partial charge is 0.323 e. The van der Waals surface area contributed by atoms with Crippen molar-refractivity contribution < 1.29 is 4.48 Å². The van der Waals surface area contributed by atoms with Crippen molar-refractivity contribution in [1.82, 2.24) is 0 Å². The van der Waals surface area contributed by atoms with Crippen molar-refractivity contribution in [2.45, 2.75) is 123 Å². The molecule has 0 saturated heterocycles. The summed E-state index contributed by atoms with van der Waals surface area (Å²) in [5, 5.41) is 0. The van der Waals surface area contributed by atoms with Crippen molar-refractivity contribution in [1.29, 1.82) is 0 Å². The first kappa shape index (κ1) is 26.2. The third-order valence-electron chi connectivity index (χ3n) is 6.92. The molecule has 1 aromatic carbocycles. The number of unbranched alkanes of at least 4 members (excludes halogenated alkanes) is 15. The lowest BCUT2D eigenvalue weighted by molar-refractivity contribution is -0.919. The molecule has 0 fully saturated rings. The first-order chi connectivity index (χ1) is 14.1. The highest BCUT2D eigenvalue weighted by atomic mass is 15.3. The van der Waals surface area contributed by atoms with E-state index < -0.39 is 0 Å². The van der Waals surface area contributed by atoms with E-state index in [4.69, 9.17) is 0 Å². The second-order valence-corrected chi connectivity index (χ2v) is 9.89. The Hall–Kier alpha value is -0.820. The van der Waals surface area contributed by atoms with Crippen LogP contribution in [-0.2, 0) is 0 Å². The topological polar surface area (TPSA) is 0 Å². The Labute approximate surface area is 183 Å². The van der Waals surface area contributed by atoms with Crippen molar-refractivity contribution in [2.24, 2.45) is 0 Å². The molecular weight excluding hydrogens is 350 g/mol. The maximum absolute atomic E-state index is 2.39. The Morgan fingerprint density at radius 3 is 1.38 bits per heavy atom. The highest BCUT2D eigenvalue weighted by molar-refractivity contribution is 5.16. The molecule has 0 aliphatic heterocycles. The molecule has 0 spiro atoms. The fourth-order valence-electron chi connectivity index (χ4n) is 4.40. The maximum Gasteiger partial charge on any atom is 0.111 e. The number of hydrogen-bond donors (Lipinski definition) is 0. The SMILES string of the molecule is CCCCCCCCCCCCCCCCCC[N+](C)(C)C(C)c1ccccc1. The second kappa shape index (κ2) is 16.9. The molecule has 0 amide bonds. The predicted octanol–water partition coefficient (Wildman–Crippen LogP) is 9.09. The van der Waals surface area contributed by atoms with Gasteiger partial charge in [-0.05, 0) is 19.8 Å². The smallest absolute Gasteiger partial charge is 0.111 e. The minimum Gasteiger partial charge on any atom is -0.323 e. The molecule has 1 nitrogen and oxygen atoms in total. The average molecular weight is 403 g/mol. The van der Waals surface area contributed by atoms with Crippen molar-refractivity contribution in [3.8, 4) is 0 Å². The van der Waals surface area contributed by atoms with Gasteiger partial charge in [0.2, 0.25) is 0 Å². The standard InChI is InChI=1S/C28H52N/c1-5-6-7-8-9-10-11-12-13-14-15-16-17-18-19-23-26-29(3,4)27(2)28-24-21-20-22-25-28/h20-22,24-25,27H,5-19,23,26H2,1-4H3/q+1. The lowest BCUT2D eigenvalue weighted by Crippen LogP contribution is -2.42. The van der Waals surface area contributed by atoms with Crippen LogP contribution in [0.1, 0.15) is 128 Å². The summed E-state index contributed by atoms with van der Waals surface area (Å²) in [7, 11) is 4.78. The molecular formula is C28H52N+. The van der Waals surface area contributed by atoms with Crippen LogP contribution in [-0.4, -0.2) is 25.1 Å². The van der Waals surface area contributed by atoms with Crippen molar-refractivity contribution in [3.63, 3.8) is 0 Å². The summed E-state index contributed by atoms with van der Waals surface area (Å²) in [6.45, 7) is 5.96. The molecule has 0 aliphatic carbocycles. The lowest BCUT2D eigenvalue weighted by atomic mass is 10.0. The molecule has 0 bridgehead atoms. The molecule has 1 atom stereocenters. The average Bonchev–Trinajstić information content (AvgIpc) is 2.73. The Balaban J connectivity index is 1.89. The number of quaternary nitrogens is 1. The van der Waals surface area contributed by atoms with Gasteiger partial charge in [0.1, 0.15) is 6.04 Å². The van der Waals surface area contributed by atoms with Gasteiger partial charge in [-0.1, -0.05) is 127 Å². The molecule has 0 heterocycles. The van der Waals surface area contributed by atoms with E-state index in [9.17, 15) is 0 Å². The third-order valence-corrected chi connectivity index (χ3v) is 6.92. The highest BCUT2D eigenvalue weighted by Crippen LogP contribution is 2.25. The zero-order valence-corrected chi connectivity index (χ0v) is 20.4. The molecule has 1 heteroatoms. The van der Waals surface area contributed by atoms with Crippen LogP contribution in [0.15, 0.2) is 30.3 Å². The normalized spacial score (nSPS) is 13.0. The van der Waals surface area contributed by atoms with Crippen LogP contribution in [0.4, 0.5) is 0 Å². The predicted molar refractivity (Wildman–Crippen MR) is 131 cm³/mol. The van der Waals surface area contributed by atoms with Gasteiger partial charge in [-0.2, -0.15) is 0 Å². The van der Waals surface area contributed by atoms with Crippen LogP contribution in [0.5, 0.6) is 0 Å². The molecule has 0 saturated carbocycles. The van der Waals surface area contributed by atoms with E-state index >= 15 is 0 Å². The summed E-state index contributed by atoms with van der Waals surface area (Å²) in [4.78, 5) is 0. The summed E-state index contributed by atoms with van der Waals surface area (Å²) in [6, 6.07) is 11.6. The molecule has 1 unspecified atom stereocenters. The van der Waals surface area contributed by atoms with E-state index in [-0.39, 0.29) is 0 Å². The molecule has 168 valence electrons. The highest BCUT2D eigenvalue weighted by Gasteiger charge is 2.24. The van der Waals surface area contributed by atoms with Crippen LogP contribution in [0.2, 0.25) is 0 Å². The molecule has 0 N–H and O–H groups in total. The van der Waals surface area contributed by atoms with Crippen LogP contribution >= 0.6 is 0 Å². The van der Waals surface area contributed by atoms with Gasteiger partial charge in [0.25, 0.3) is 0 Å². The molecule has 0 aromatic heterocycles. The Morgan fingerprint density at radius 1 is 0.586 bits per heavy atom. The summed E-state index contributed by atoms with van der Waals surface area (Å²) in [5.74, 6) is 0. The summed E-state index contributed by atoms with van der Waals surface area (Å²) in [6.07, 6.45) is 23.1. The van der Waals surface area contributed by atoms with E-state index in [1.165, 1.54) is 115 Å². The van der Waals surface area contributed by atoms with Gasteiger partial charge in [0.15, 0.2) is 0 Å². The quantitative estimate of drug-likeness (QED) is 0.160. The van der Waals surface area contributed by atoms with Gasteiger partial charge in [0, 0.05) is 5.56 Å². The second-order valence-electron chi connectivity index (χ2n) is 9.89. The minimum atomic E-state index is 0.576. The van der Waals surface area contributed by atoms with Crippen LogP contribution in [0, 0.1) is 0 Å². The maximum atomic E-state index is 2.39. The van der Waals surface area contributed by atoms with Gasteiger partial charge in [-0.3, -0.25) is 0 Å². The fourth-order valence-corrected chi connectivity index (χ4v) is 4.40. The molecule has 0 aliphatic rings. The minimum absolute atomic E-state index is 0.576. The van der Waals surface area contributed by atoms with E-state index in [0.717, 1.165) is 4.48 Å². The molecule has 1 aromatic rings. The first-order valence-corrected chi connectivity index (χ1v) is 13.0. The fraction of sp³-hybridized carbons (Fsp3) is 0.786.